The number of hydrogen-bond acceptors (Lipinski definition) is 4. The van der Waals surface area contributed by atoms with E-state index < -0.39 is 5.91 Å². The smallest absolute Gasteiger partial charge is 0.259 e. The number of nitrogen functional groups attached to an aromatic ring is 1. The molecule has 0 saturated heterocycles. The number of benzene rings is 1. The van der Waals surface area contributed by atoms with Crippen molar-refractivity contribution in [3.05, 3.63) is 47.8 Å². The Labute approximate surface area is 104 Å². The van der Waals surface area contributed by atoms with Crippen LogP contribution in [0.3, 0.4) is 0 Å². The van der Waals surface area contributed by atoms with Crippen molar-refractivity contribution in [3.63, 3.8) is 0 Å². The van der Waals surface area contributed by atoms with Gasteiger partial charge in [-0.2, -0.15) is 0 Å². The molecule has 0 atom stereocenters. The van der Waals surface area contributed by atoms with Gasteiger partial charge in [-0.25, -0.2) is 0 Å². The minimum absolute atomic E-state index is 0.156. The Morgan fingerprint density at radius 2 is 2.17 bits per heavy atom. The van der Waals surface area contributed by atoms with Crippen LogP contribution in [0, 0.1) is 6.92 Å². The molecule has 0 unspecified atom stereocenters. The van der Waals surface area contributed by atoms with Crippen molar-refractivity contribution in [3.8, 4) is 5.75 Å². The molecule has 2 rings (SSSR count). The molecule has 4 N–H and O–H groups in total. The number of carbonyl (C=O) groups excluding carboxylic acids is 1. The molecule has 2 aromatic rings. The number of pyridine rings is 1. The number of rotatable bonds is 2. The number of carbonyl (C=O) groups is 1. The molecule has 0 fully saturated rings. The molecule has 0 radical (unpaired) electrons. The second-order valence-electron chi connectivity index (χ2n) is 3.87. The zero-order chi connectivity index (χ0) is 13.1. The lowest BCUT2D eigenvalue weighted by Crippen LogP contribution is -2.13. The SMILES string of the molecule is Cc1c(N)cccc1NC(=O)c1ccncc1O. The summed E-state index contributed by atoms with van der Waals surface area (Å²) < 4.78 is 0. The van der Waals surface area contributed by atoms with Gasteiger partial charge >= 0.3 is 0 Å². The van der Waals surface area contributed by atoms with Gasteiger partial charge in [0.1, 0.15) is 5.75 Å². The van der Waals surface area contributed by atoms with Gasteiger partial charge < -0.3 is 16.2 Å². The molecule has 5 nitrogen and oxygen atoms in total. The molecule has 0 aliphatic carbocycles. The summed E-state index contributed by atoms with van der Waals surface area (Å²) in [6, 6.07) is 6.72. The van der Waals surface area contributed by atoms with Crippen molar-refractivity contribution in [1.29, 1.82) is 0 Å². The zero-order valence-electron chi connectivity index (χ0n) is 9.84. The summed E-state index contributed by atoms with van der Waals surface area (Å²) in [6.45, 7) is 1.82. The lowest BCUT2D eigenvalue weighted by molar-refractivity contribution is 0.102. The van der Waals surface area contributed by atoms with Crippen molar-refractivity contribution >= 4 is 17.3 Å². The summed E-state index contributed by atoms with van der Waals surface area (Å²) >= 11 is 0. The molecule has 0 bridgehead atoms. The summed E-state index contributed by atoms with van der Waals surface area (Å²) in [5, 5.41) is 12.2. The molecule has 1 amide bonds. The van der Waals surface area contributed by atoms with Gasteiger partial charge in [0.25, 0.3) is 5.91 Å². The highest BCUT2D eigenvalue weighted by molar-refractivity contribution is 6.06. The molecule has 1 heterocycles. The molecule has 0 saturated carbocycles. The molecular weight excluding hydrogens is 230 g/mol. The van der Waals surface area contributed by atoms with Crippen LogP contribution in [0.1, 0.15) is 15.9 Å². The van der Waals surface area contributed by atoms with Gasteiger partial charge in [-0.1, -0.05) is 6.07 Å². The Bertz CT molecular complexity index is 597. The molecule has 0 aliphatic rings. The third-order valence-corrected chi connectivity index (χ3v) is 2.67. The number of nitrogens with one attached hydrogen (secondary N) is 1. The van der Waals surface area contributed by atoms with Crippen LogP contribution in [-0.2, 0) is 0 Å². The van der Waals surface area contributed by atoms with Crippen LogP contribution in [0.4, 0.5) is 11.4 Å². The highest BCUT2D eigenvalue weighted by atomic mass is 16.3. The molecule has 1 aromatic carbocycles. The molecular formula is C13H13N3O2. The number of aromatic hydroxyl groups is 1. The lowest BCUT2D eigenvalue weighted by Gasteiger charge is -2.10. The van der Waals surface area contributed by atoms with E-state index in [-0.39, 0.29) is 11.3 Å². The van der Waals surface area contributed by atoms with Crippen LogP contribution in [0.15, 0.2) is 36.7 Å². The van der Waals surface area contributed by atoms with Crippen LogP contribution in [0.25, 0.3) is 0 Å². The molecule has 92 valence electrons. The number of hydrogen-bond donors (Lipinski definition) is 3. The zero-order valence-corrected chi connectivity index (χ0v) is 9.84. The highest BCUT2D eigenvalue weighted by Gasteiger charge is 2.12. The Morgan fingerprint density at radius 3 is 2.89 bits per heavy atom. The van der Waals surface area contributed by atoms with Crippen LogP contribution in [0.5, 0.6) is 5.75 Å². The molecule has 0 aliphatic heterocycles. The minimum atomic E-state index is -0.399. The first kappa shape index (κ1) is 11.9. The average Bonchev–Trinajstić information content (AvgIpc) is 2.35. The first-order valence-corrected chi connectivity index (χ1v) is 5.39. The summed E-state index contributed by atoms with van der Waals surface area (Å²) in [7, 11) is 0. The van der Waals surface area contributed by atoms with Gasteiger partial charge in [0.05, 0.1) is 11.8 Å². The molecule has 0 spiro atoms. The van der Waals surface area contributed by atoms with Crippen molar-refractivity contribution < 1.29 is 9.90 Å². The van der Waals surface area contributed by atoms with Gasteiger partial charge in [-0.05, 0) is 30.7 Å². The van der Waals surface area contributed by atoms with Gasteiger partial charge in [-0.15, -0.1) is 0 Å². The number of anilines is 2. The van der Waals surface area contributed by atoms with Crippen molar-refractivity contribution in [2.24, 2.45) is 0 Å². The monoisotopic (exact) mass is 243 g/mol. The number of amides is 1. The minimum Gasteiger partial charge on any atom is -0.505 e. The van der Waals surface area contributed by atoms with Crippen LogP contribution in [-0.4, -0.2) is 16.0 Å². The number of nitrogens with two attached hydrogens (primary N) is 1. The van der Waals surface area contributed by atoms with E-state index in [1.807, 2.05) is 6.92 Å². The molecule has 18 heavy (non-hydrogen) atoms. The summed E-state index contributed by atoms with van der Waals surface area (Å²) in [5.41, 5.74) is 7.94. The van der Waals surface area contributed by atoms with Crippen molar-refractivity contribution in [2.45, 2.75) is 6.92 Å². The average molecular weight is 243 g/mol. The topological polar surface area (TPSA) is 88.2 Å². The number of nitrogens with zero attached hydrogens (tertiary/aromatic N) is 1. The maximum absolute atomic E-state index is 12.0. The predicted octanol–water partition coefficient (Wildman–Crippen LogP) is 1.93. The van der Waals surface area contributed by atoms with Crippen LogP contribution < -0.4 is 11.1 Å². The van der Waals surface area contributed by atoms with Gasteiger partial charge in [0.2, 0.25) is 0 Å². The predicted molar refractivity (Wildman–Crippen MR) is 69.4 cm³/mol. The second-order valence-corrected chi connectivity index (χ2v) is 3.87. The standard InChI is InChI=1S/C13H13N3O2/c1-8-10(14)3-2-4-11(8)16-13(18)9-5-6-15-7-12(9)17/h2-7,17H,14H2,1H3,(H,16,18). The summed E-state index contributed by atoms with van der Waals surface area (Å²) in [6.07, 6.45) is 2.67. The Balaban J connectivity index is 2.27. The molecule has 5 heteroatoms. The fourth-order valence-electron chi connectivity index (χ4n) is 1.56. The van der Waals surface area contributed by atoms with E-state index in [0.29, 0.717) is 11.4 Å². The summed E-state index contributed by atoms with van der Waals surface area (Å²) in [4.78, 5) is 15.7. The fraction of sp³-hybridized carbons (Fsp3) is 0.0769. The van der Waals surface area contributed by atoms with Crippen LogP contribution in [0.2, 0.25) is 0 Å². The van der Waals surface area contributed by atoms with E-state index in [4.69, 9.17) is 5.73 Å². The lowest BCUT2D eigenvalue weighted by atomic mass is 10.1. The summed E-state index contributed by atoms with van der Waals surface area (Å²) in [5.74, 6) is -0.555. The Morgan fingerprint density at radius 1 is 1.39 bits per heavy atom. The van der Waals surface area contributed by atoms with E-state index in [1.54, 1.807) is 18.2 Å². The van der Waals surface area contributed by atoms with Crippen LogP contribution >= 0.6 is 0 Å². The maximum atomic E-state index is 12.0. The van der Waals surface area contributed by atoms with E-state index in [9.17, 15) is 9.90 Å². The van der Waals surface area contributed by atoms with Gasteiger partial charge in [-0.3, -0.25) is 9.78 Å². The fourth-order valence-corrected chi connectivity index (χ4v) is 1.56. The third-order valence-electron chi connectivity index (χ3n) is 2.67. The van der Waals surface area contributed by atoms with Gasteiger partial charge in [0, 0.05) is 17.6 Å². The normalized spacial score (nSPS) is 10.1. The van der Waals surface area contributed by atoms with E-state index in [0.717, 1.165) is 5.56 Å². The Kier molecular flexibility index (Phi) is 3.14. The van der Waals surface area contributed by atoms with Crippen molar-refractivity contribution in [2.75, 3.05) is 11.1 Å². The first-order chi connectivity index (χ1) is 8.59. The van der Waals surface area contributed by atoms with E-state index in [2.05, 4.69) is 10.3 Å². The number of aromatic nitrogens is 1. The van der Waals surface area contributed by atoms with E-state index in [1.165, 1.54) is 18.5 Å². The van der Waals surface area contributed by atoms with Crippen molar-refractivity contribution in [1.82, 2.24) is 4.98 Å². The third kappa shape index (κ3) is 2.24. The second kappa shape index (κ2) is 4.75. The largest absolute Gasteiger partial charge is 0.505 e. The quantitative estimate of drug-likeness (QED) is 0.703. The molecule has 1 aromatic heterocycles. The highest BCUT2D eigenvalue weighted by Crippen LogP contribution is 2.22. The van der Waals surface area contributed by atoms with E-state index >= 15 is 0 Å². The van der Waals surface area contributed by atoms with Gasteiger partial charge in [0.15, 0.2) is 0 Å². The first-order valence-electron chi connectivity index (χ1n) is 5.39. The maximum Gasteiger partial charge on any atom is 0.259 e. The Hall–Kier alpha value is -2.56.